The third-order valence-corrected chi connectivity index (χ3v) is 4.86. The molecule has 0 fully saturated rings. The van der Waals surface area contributed by atoms with Gasteiger partial charge in [-0.25, -0.2) is 0 Å². The number of nitrogens with zero attached hydrogens (tertiary/aromatic N) is 3. The van der Waals surface area contributed by atoms with Crippen LogP contribution in [0, 0.1) is 5.41 Å². The Morgan fingerprint density at radius 1 is 0.926 bits per heavy atom. The average Bonchev–Trinajstić information content (AvgIpc) is 2.90. The van der Waals surface area contributed by atoms with Crippen molar-refractivity contribution >= 4 is 23.4 Å². The Bertz CT molecular complexity index is 708. The van der Waals surface area contributed by atoms with Crippen LogP contribution in [0.4, 0.5) is 0 Å². The van der Waals surface area contributed by atoms with Crippen LogP contribution in [-0.2, 0) is 18.0 Å². The largest absolute Gasteiger partial charge is 0.361 e. The number of imidazole rings is 1. The fourth-order valence-electron chi connectivity index (χ4n) is 3.27. The summed E-state index contributed by atoms with van der Waals surface area (Å²) in [6.45, 7) is 5.23. The number of rotatable bonds is 13. The van der Waals surface area contributed by atoms with Crippen molar-refractivity contribution < 1.29 is 4.74 Å². The van der Waals surface area contributed by atoms with E-state index >= 15 is 0 Å². The molecule has 0 aliphatic rings. The molecule has 0 bridgehead atoms. The number of halogens is 1. The maximum absolute atomic E-state index is 8.56. The van der Waals surface area contributed by atoms with Gasteiger partial charge in [0.2, 0.25) is 5.62 Å². The second kappa shape index (κ2) is 13.0. The highest BCUT2D eigenvalue weighted by Gasteiger charge is 2.10. The van der Waals surface area contributed by atoms with Crippen molar-refractivity contribution in [1.29, 1.82) is 5.41 Å². The molecule has 154 valence electrons. The zero-order valence-corrected chi connectivity index (χ0v) is 18.1. The van der Waals surface area contributed by atoms with E-state index in [9.17, 15) is 0 Å². The van der Waals surface area contributed by atoms with E-state index in [0.717, 1.165) is 37.2 Å². The summed E-state index contributed by atoms with van der Waals surface area (Å²) in [5, 5.41) is 8.56. The minimum atomic E-state index is 0. The summed E-state index contributed by atoms with van der Waals surface area (Å²) < 4.78 is 9.95. The Morgan fingerprint density at radius 3 is 2.15 bits per heavy atom. The Kier molecular flexibility index (Phi) is 11.4. The Morgan fingerprint density at radius 2 is 1.52 bits per heavy atom. The SMILES string of the molecule is CCCCCCCCCOCn1c(=N)n(CCN(C)C)c2ccccc21.Cl. The van der Waals surface area contributed by atoms with Crippen molar-refractivity contribution in [2.45, 2.75) is 65.1 Å². The van der Waals surface area contributed by atoms with Gasteiger partial charge in [-0.15, -0.1) is 12.4 Å². The fourth-order valence-corrected chi connectivity index (χ4v) is 3.27. The second-order valence-corrected chi connectivity index (χ2v) is 7.35. The molecule has 0 amide bonds. The van der Waals surface area contributed by atoms with Gasteiger partial charge in [-0.2, -0.15) is 0 Å². The zero-order valence-electron chi connectivity index (χ0n) is 17.2. The minimum absolute atomic E-state index is 0. The average molecular weight is 397 g/mol. The normalized spacial score (nSPS) is 11.3. The summed E-state index contributed by atoms with van der Waals surface area (Å²) >= 11 is 0. The van der Waals surface area contributed by atoms with E-state index in [1.165, 1.54) is 38.5 Å². The van der Waals surface area contributed by atoms with Crippen molar-refractivity contribution in [1.82, 2.24) is 14.0 Å². The third kappa shape index (κ3) is 7.32. The topological polar surface area (TPSA) is 46.2 Å². The quantitative estimate of drug-likeness (QED) is 0.501. The van der Waals surface area contributed by atoms with Crippen LogP contribution in [-0.4, -0.2) is 41.3 Å². The molecule has 1 aromatic heterocycles. The minimum Gasteiger partial charge on any atom is -0.361 e. The highest BCUT2D eigenvalue weighted by atomic mass is 35.5. The Labute approximate surface area is 170 Å². The number of fused-ring (bicyclic) bond motifs is 1. The number of unbranched alkanes of at least 4 members (excludes halogenated alkanes) is 6. The Hall–Kier alpha value is -1.30. The first kappa shape index (κ1) is 23.7. The van der Waals surface area contributed by atoms with E-state index < -0.39 is 0 Å². The molecule has 27 heavy (non-hydrogen) atoms. The predicted molar refractivity (Wildman–Crippen MR) is 116 cm³/mol. The summed E-state index contributed by atoms with van der Waals surface area (Å²) in [5.41, 5.74) is 2.71. The van der Waals surface area contributed by atoms with E-state index in [4.69, 9.17) is 10.1 Å². The van der Waals surface area contributed by atoms with Gasteiger partial charge in [0, 0.05) is 19.7 Å². The Balaban J connectivity index is 0.00000364. The zero-order chi connectivity index (χ0) is 18.8. The van der Waals surface area contributed by atoms with Crippen LogP contribution in [0.5, 0.6) is 0 Å². The number of nitrogens with one attached hydrogen (secondary N) is 1. The van der Waals surface area contributed by atoms with Crippen LogP contribution in [0.15, 0.2) is 24.3 Å². The van der Waals surface area contributed by atoms with Gasteiger partial charge in [0.05, 0.1) is 11.0 Å². The monoisotopic (exact) mass is 396 g/mol. The summed E-state index contributed by atoms with van der Waals surface area (Å²) in [4.78, 5) is 2.15. The first-order valence-corrected chi connectivity index (χ1v) is 10.1. The van der Waals surface area contributed by atoms with Crippen molar-refractivity contribution in [2.24, 2.45) is 0 Å². The molecule has 0 atom stereocenters. The van der Waals surface area contributed by atoms with Gasteiger partial charge >= 0.3 is 0 Å². The van der Waals surface area contributed by atoms with E-state index in [1.54, 1.807) is 0 Å². The van der Waals surface area contributed by atoms with Crippen LogP contribution in [0.1, 0.15) is 51.9 Å². The van der Waals surface area contributed by atoms with Crippen molar-refractivity contribution in [3.05, 3.63) is 29.9 Å². The summed E-state index contributed by atoms with van der Waals surface area (Å²) in [5.74, 6) is 0. The van der Waals surface area contributed by atoms with Gasteiger partial charge in [0.15, 0.2) is 0 Å². The smallest absolute Gasteiger partial charge is 0.204 e. The number of aromatic nitrogens is 2. The maximum atomic E-state index is 8.56. The number of para-hydroxylation sites is 2. The summed E-state index contributed by atoms with van der Waals surface area (Å²) in [7, 11) is 4.13. The molecule has 0 aliphatic carbocycles. The van der Waals surface area contributed by atoms with Gasteiger partial charge in [-0.1, -0.05) is 57.6 Å². The van der Waals surface area contributed by atoms with Crippen LogP contribution >= 0.6 is 12.4 Å². The van der Waals surface area contributed by atoms with Crippen LogP contribution < -0.4 is 5.62 Å². The lowest BCUT2D eigenvalue weighted by Gasteiger charge is -2.10. The molecule has 0 spiro atoms. The summed E-state index contributed by atoms with van der Waals surface area (Å²) in [6.07, 6.45) is 9.03. The highest BCUT2D eigenvalue weighted by molar-refractivity contribution is 5.85. The molecule has 6 heteroatoms. The molecule has 0 aliphatic heterocycles. The molecular formula is C21H37ClN4O. The first-order valence-electron chi connectivity index (χ1n) is 10.1. The van der Waals surface area contributed by atoms with Gasteiger partial charge in [0.25, 0.3) is 0 Å². The molecule has 0 saturated heterocycles. The molecule has 1 heterocycles. The molecule has 2 rings (SSSR count). The third-order valence-electron chi connectivity index (χ3n) is 4.86. The highest BCUT2D eigenvalue weighted by Crippen LogP contribution is 2.13. The number of ether oxygens (including phenoxy) is 1. The van der Waals surface area contributed by atoms with E-state index in [0.29, 0.717) is 12.3 Å². The number of hydrogen-bond acceptors (Lipinski definition) is 3. The molecule has 0 saturated carbocycles. The van der Waals surface area contributed by atoms with E-state index in [1.807, 2.05) is 16.7 Å². The molecule has 1 N–H and O–H groups in total. The lowest BCUT2D eigenvalue weighted by atomic mass is 10.1. The molecule has 0 radical (unpaired) electrons. The molecule has 0 unspecified atom stereocenters. The van der Waals surface area contributed by atoms with Crippen LogP contribution in [0.25, 0.3) is 11.0 Å². The lowest BCUT2D eigenvalue weighted by molar-refractivity contribution is 0.0728. The predicted octanol–water partition coefficient (Wildman–Crippen LogP) is 4.63. The van der Waals surface area contributed by atoms with Gasteiger partial charge < -0.3 is 14.2 Å². The lowest BCUT2D eigenvalue weighted by Crippen LogP contribution is -2.29. The van der Waals surface area contributed by atoms with Crippen molar-refractivity contribution in [3.63, 3.8) is 0 Å². The molecule has 5 nitrogen and oxygen atoms in total. The van der Waals surface area contributed by atoms with Crippen LogP contribution in [0.3, 0.4) is 0 Å². The number of hydrogen-bond donors (Lipinski definition) is 1. The van der Waals surface area contributed by atoms with Crippen molar-refractivity contribution in [2.75, 3.05) is 27.2 Å². The first-order chi connectivity index (χ1) is 12.6. The second-order valence-electron chi connectivity index (χ2n) is 7.35. The fraction of sp³-hybridized carbons (Fsp3) is 0.667. The van der Waals surface area contributed by atoms with Gasteiger partial charge in [0.1, 0.15) is 6.73 Å². The molecule has 1 aromatic carbocycles. The summed E-state index contributed by atoms with van der Waals surface area (Å²) in [6, 6.07) is 8.25. The van der Waals surface area contributed by atoms with Crippen LogP contribution in [0.2, 0.25) is 0 Å². The number of likely N-dealkylation sites (N-methyl/N-ethyl adjacent to an activating group) is 1. The van der Waals surface area contributed by atoms with E-state index in [-0.39, 0.29) is 12.4 Å². The number of benzene rings is 1. The van der Waals surface area contributed by atoms with Crippen molar-refractivity contribution in [3.8, 4) is 0 Å². The standard InChI is InChI=1S/C21H36N4O.ClH/c1-4-5-6-7-8-9-12-17-26-18-25-20-14-11-10-13-19(20)24(21(25)22)16-15-23(2)3;/h10-11,13-14,22H,4-9,12,15-18H2,1-3H3;1H. The molecule has 2 aromatic rings. The van der Waals surface area contributed by atoms with Gasteiger partial charge in [-0.3, -0.25) is 9.98 Å². The molecular weight excluding hydrogens is 360 g/mol. The maximum Gasteiger partial charge on any atom is 0.204 e. The van der Waals surface area contributed by atoms with Gasteiger partial charge in [-0.05, 0) is 32.6 Å². The van der Waals surface area contributed by atoms with E-state index in [2.05, 4.69) is 42.6 Å².